The molecule has 1 aliphatic rings. The van der Waals surface area contributed by atoms with Crippen LogP contribution in [0, 0.1) is 6.92 Å². The second kappa shape index (κ2) is 4.39. The zero-order valence-corrected chi connectivity index (χ0v) is 10.9. The SMILES string of the molecule is Cc1nc2ccccc2n1CC1(O)CCCCC1. The molecular weight excluding hydrogens is 224 g/mol. The Balaban J connectivity index is 1.96. The van der Waals surface area contributed by atoms with Gasteiger partial charge in [-0.25, -0.2) is 4.98 Å². The van der Waals surface area contributed by atoms with Crippen LogP contribution in [0.1, 0.15) is 37.9 Å². The van der Waals surface area contributed by atoms with Crippen molar-refractivity contribution in [1.82, 2.24) is 9.55 Å². The summed E-state index contributed by atoms with van der Waals surface area (Å²) < 4.78 is 2.17. The summed E-state index contributed by atoms with van der Waals surface area (Å²) in [6.45, 7) is 2.70. The molecule has 1 N–H and O–H groups in total. The Bertz CT molecular complexity index is 553. The van der Waals surface area contributed by atoms with Gasteiger partial charge < -0.3 is 9.67 Å². The van der Waals surface area contributed by atoms with Crippen LogP contribution in [0.15, 0.2) is 24.3 Å². The van der Waals surface area contributed by atoms with E-state index in [-0.39, 0.29) is 0 Å². The largest absolute Gasteiger partial charge is 0.388 e. The molecule has 3 nitrogen and oxygen atoms in total. The van der Waals surface area contributed by atoms with Crippen LogP contribution in [-0.4, -0.2) is 20.3 Å². The molecule has 1 fully saturated rings. The number of para-hydroxylation sites is 2. The molecule has 0 bridgehead atoms. The smallest absolute Gasteiger partial charge is 0.106 e. The van der Waals surface area contributed by atoms with Crippen molar-refractivity contribution in [2.75, 3.05) is 0 Å². The highest BCUT2D eigenvalue weighted by Crippen LogP contribution is 2.31. The number of hydrogen-bond donors (Lipinski definition) is 1. The topological polar surface area (TPSA) is 38.0 Å². The van der Waals surface area contributed by atoms with Crippen molar-refractivity contribution in [2.24, 2.45) is 0 Å². The molecule has 96 valence electrons. The van der Waals surface area contributed by atoms with Gasteiger partial charge in [0.2, 0.25) is 0 Å². The second-order valence-electron chi connectivity index (χ2n) is 5.52. The fraction of sp³-hybridized carbons (Fsp3) is 0.533. The molecule has 0 spiro atoms. The van der Waals surface area contributed by atoms with E-state index in [4.69, 9.17) is 0 Å². The Morgan fingerprint density at radius 1 is 1.22 bits per heavy atom. The summed E-state index contributed by atoms with van der Waals surface area (Å²) in [6, 6.07) is 8.16. The van der Waals surface area contributed by atoms with Crippen molar-refractivity contribution in [2.45, 2.75) is 51.2 Å². The summed E-state index contributed by atoms with van der Waals surface area (Å²) in [7, 11) is 0. The third kappa shape index (κ3) is 2.03. The minimum atomic E-state index is -0.535. The van der Waals surface area contributed by atoms with Gasteiger partial charge in [0, 0.05) is 0 Å². The molecule has 0 amide bonds. The predicted molar refractivity (Wildman–Crippen MR) is 72.5 cm³/mol. The molecule has 0 aliphatic heterocycles. The highest BCUT2D eigenvalue weighted by Gasteiger charge is 2.30. The summed E-state index contributed by atoms with van der Waals surface area (Å²) in [6.07, 6.45) is 5.37. The summed E-state index contributed by atoms with van der Waals surface area (Å²) >= 11 is 0. The van der Waals surface area contributed by atoms with Crippen LogP contribution >= 0.6 is 0 Å². The van der Waals surface area contributed by atoms with Gasteiger partial charge in [-0.2, -0.15) is 0 Å². The van der Waals surface area contributed by atoms with E-state index < -0.39 is 5.60 Å². The number of aliphatic hydroxyl groups is 1. The molecule has 1 aliphatic carbocycles. The Morgan fingerprint density at radius 2 is 1.94 bits per heavy atom. The van der Waals surface area contributed by atoms with Crippen LogP contribution in [0.25, 0.3) is 11.0 Å². The molecule has 0 saturated heterocycles. The maximum Gasteiger partial charge on any atom is 0.106 e. The summed E-state index contributed by atoms with van der Waals surface area (Å²) in [4.78, 5) is 4.56. The molecular formula is C15H20N2O. The van der Waals surface area contributed by atoms with Gasteiger partial charge in [-0.1, -0.05) is 31.4 Å². The maximum absolute atomic E-state index is 10.7. The van der Waals surface area contributed by atoms with E-state index in [0.29, 0.717) is 6.54 Å². The van der Waals surface area contributed by atoms with Gasteiger partial charge in [-0.15, -0.1) is 0 Å². The van der Waals surface area contributed by atoms with Gasteiger partial charge in [0.15, 0.2) is 0 Å². The summed E-state index contributed by atoms with van der Waals surface area (Å²) in [5, 5.41) is 10.7. The van der Waals surface area contributed by atoms with Gasteiger partial charge in [-0.3, -0.25) is 0 Å². The molecule has 0 atom stereocenters. The molecule has 1 saturated carbocycles. The zero-order valence-electron chi connectivity index (χ0n) is 10.9. The molecule has 1 heterocycles. The highest BCUT2D eigenvalue weighted by atomic mass is 16.3. The molecule has 3 heteroatoms. The molecule has 1 aromatic heterocycles. The molecule has 2 aromatic rings. The number of benzene rings is 1. The van der Waals surface area contributed by atoms with E-state index in [0.717, 1.165) is 42.5 Å². The third-order valence-corrected chi connectivity index (χ3v) is 4.08. The lowest BCUT2D eigenvalue weighted by Gasteiger charge is -2.32. The van der Waals surface area contributed by atoms with Crippen molar-refractivity contribution in [1.29, 1.82) is 0 Å². The zero-order chi connectivity index (χ0) is 12.6. The third-order valence-electron chi connectivity index (χ3n) is 4.08. The number of hydrogen-bond acceptors (Lipinski definition) is 2. The number of aromatic nitrogens is 2. The first-order chi connectivity index (χ1) is 8.68. The van der Waals surface area contributed by atoms with Crippen molar-refractivity contribution >= 4 is 11.0 Å². The maximum atomic E-state index is 10.7. The summed E-state index contributed by atoms with van der Waals surface area (Å²) in [5.41, 5.74) is 1.62. The lowest BCUT2D eigenvalue weighted by atomic mass is 9.85. The minimum absolute atomic E-state index is 0.535. The van der Waals surface area contributed by atoms with Crippen LogP contribution in [0.4, 0.5) is 0 Å². The van der Waals surface area contributed by atoms with E-state index in [1.807, 2.05) is 25.1 Å². The van der Waals surface area contributed by atoms with E-state index in [9.17, 15) is 5.11 Å². The fourth-order valence-electron chi connectivity index (χ4n) is 3.06. The first-order valence-corrected chi connectivity index (χ1v) is 6.82. The molecule has 0 radical (unpaired) electrons. The normalized spacial score (nSPS) is 19.2. The average molecular weight is 244 g/mol. The van der Waals surface area contributed by atoms with E-state index >= 15 is 0 Å². The molecule has 1 aromatic carbocycles. The van der Waals surface area contributed by atoms with Crippen LogP contribution in [-0.2, 0) is 6.54 Å². The fourth-order valence-corrected chi connectivity index (χ4v) is 3.06. The van der Waals surface area contributed by atoms with E-state index in [2.05, 4.69) is 15.6 Å². The Labute approximate surface area is 107 Å². The number of nitrogens with zero attached hydrogens (tertiary/aromatic N) is 2. The van der Waals surface area contributed by atoms with Gasteiger partial charge in [0.05, 0.1) is 23.2 Å². The van der Waals surface area contributed by atoms with Crippen molar-refractivity contribution < 1.29 is 5.11 Å². The standard InChI is InChI=1S/C15H20N2O/c1-12-16-13-7-3-4-8-14(13)17(12)11-15(18)9-5-2-6-10-15/h3-4,7-8,18H,2,5-6,9-11H2,1H3. The Morgan fingerprint density at radius 3 is 2.72 bits per heavy atom. The van der Waals surface area contributed by atoms with Gasteiger partial charge in [0.25, 0.3) is 0 Å². The van der Waals surface area contributed by atoms with Crippen LogP contribution in [0.5, 0.6) is 0 Å². The number of rotatable bonds is 2. The van der Waals surface area contributed by atoms with Gasteiger partial charge >= 0.3 is 0 Å². The monoisotopic (exact) mass is 244 g/mol. The van der Waals surface area contributed by atoms with Gasteiger partial charge in [0.1, 0.15) is 5.82 Å². The molecule has 3 rings (SSSR count). The number of imidazole rings is 1. The Hall–Kier alpha value is -1.35. The highest BCUT2D eigenvalue weighted by molar-refractivity contribution is 5.75. The quantitative estimate of drug-likeness (QED) is 0.881. The Kier molecular flexibility index (Phi) is 2.86. The summed E-state index contributed by atoms with van der Waals surface area (Å²) in [5.74, 6) is 0.996. The van der Waals surface area contributed by atoms with Crippen molar-refractivity contribution in [3.05, 3.63) is 30.1 Å². The lowest BCUT2D eigenvalue weighted by molar-refractivity contribution is -0.0110. The first kappa shape index (κ1) is 11.7. The number of aryl methyl sites for hydroxylation is 1. The van der Waals surface area contributed by atoms with Gasteiger partial charge in [-0.05, 0) is 31.9 Å². The average Bonchev–Trinajstić information content (AvgIpc) is 2.67. The molecule has 18 heavy (non-hydrogen) atoms. The van der Waals surface area contributed by atoms with Crippen molar-refractivity contribution in [3.8, 4) is 0 Å². The predicted octanol–water partition coefficient (Wildman–Crippen LogP) is 3.04. The van der Waals surface area contributed by atoms with Crippen LogP contribution in [0.3, 0.4) is 0 Å². The van der Waals surface area contributed by atoms with Crippen LogP contribution < -0.4 is 0 Å². The van der Waals surface area contributed by atoms with Crippen molar-refractivity contribution in [3.63, 3.8) is 0 Å². The van der Waals surface area contributed by atoms with E-state index in [1.165, 1.54) is 6.42 Å². The lowest BCUT2D eigenvalue weighted by Crippen LogP contribution is -2.36. The first-order valence-electron chi connectivity index (χ1n) is 6.82. The second-order valence-corrected chi connectivity index (χ2v) is 5.52. The van der Waals surface area contributed by atoms with E-state index in [1.54, 1.807) is 0 Å². The molecule has 0 unspecified atom stereocenters. The minimum Gasteiger partial charge on any atom is -0.388 e. The number of fused-ring (bicyclic) bond motifs is 1. The van der Waals surface area contributed by atoms with Crippen LogP contribution in [0.2, 0.25) is 0 Å².